The Hall–Kier alpha value is -0.120. The van der Waals surface area contributed by atoms with Crippen molar-refractivity contribution in [1.29, 1.82) is 0 Å². The Labute approximate surface area is 118 Å². The fourth-order valence-corrected chi connectivity index (χ4v) is 4.17. The Balaban J connectivity index is 1.82. The van der Waals surface area contributed by atoms with Crippen LogP contribution in [0.3, 0.4) is 0 Å². The van der Waals surface area contributed by atoms with E-state index in [9.17, 15) is 0 Å². The molecule has 0 amide bonds. The molecule has 0 aromatic carbocycles. The third-order valence-electron chi connectivity index (χ3n) is 5.13. The summed E-state index contributed by atoms with van der Waals surface area (Å²) in [5.74, 6) is 1.68. The van der Waals surface area contributed by atoms with E-state index in [1.807, 2.05) is 0 Å². The van der Waals surface area contributed by atoms with Crippen molar-refractivity contribution in [1.82, 2.24) is 4.90 Å². The lowest BCUT2D eigenvalue weighted by atomic mass is 9.69. The first kappa shape index (κ1) is 15.3. The summed E-state index contributed by atoms with van der Waals surface area (Å²) in [6, 6.07) is 0. The molecule has 2 atom stereocenters. The van der Waals surface area contributed by atoms with Crippen LogP contribution in [0.2, 0.25) is 0 Å². The fraction of sp³-hybridized carbons (Fsp3) is 1.00. The molecule has 3 nitrogen and oxygen atoms in total. The molecule has 0 aromatic rings. The molecule has 2 N–H and O–H groups in total. The summed E-state index contributed by atoms with van der Waals surface area (Å²) in [7, 11) is 2.28. The third kappa shape index (κ3) is 4.44. The minimum absolute atomic E-state index is 0.386. The second-order valence-corrected chi connectivity index (χ2v) is 7.16. The molecule has 1 saturated carbocycles. The van der Waals surface area contributed by atoms with Gasteiger partial charge in [0.2, 0.25) is 0 Å². The van der Waals surface area contributed by atoms with Crippen LogP contribution in [-0.2, 0) is 4.74 Å². The predicted molar refractivity (Wildman–Crippen MR) is 80.2 cm³/mol. The second kappa shape index (κ2) is 7.05. The highest BCUT2D eigenvalue weighted by Crippen LogP contribution is 2.39. The molecule has 0 radical (unpaired) electrons. The molecule has 0 aromatic heterocycles. The average Bonchev–Trinajstić information content (AvgIpc) is 2.39. The zero-order valence-electron chi connectivity index (χ0n) is 12.9. The molecule has 2 aliphatic rings. The highest BCUT2D eigenvalue weighted by molar-refractivity contribution is 4.88. The van der Waals surface area contributed by atoms with Crippen LogP contribution in [0, 0.1) is 17.3 Å². The molecule has 1 aliphatic heterocycles. The Bertz CT molecular complexity index is 265. The Morgan fingerprint density at radius 2 is 2.00 bits per heavy atom. The lowest BCUT2D eigenvalue weighted by Gasteiger charge is -2.42. The molecule has 2 rings (SSSR count). The molecule has 0 bridgehead atoms. The number of nitrogens with two attached hydrogens (primary N) is 1. The molecule has 112 valence electrons. The largest absolute Gasteiger partial charge is 0.381 e. The Morgan fingerprint density at radius 1 is 1.26 bits per heavy atom. The van der Waals surface area contributed by atoms with Gasteiger partial charge in [-0.2, -0.15) is 0 Å². The van der Waals surface area contributed by atoms with Crippen LogP contribution < -0.4 is 5.73 Å². The highest BCUT2D eigenvalue weighted by Gasteiger charge is 2.35. The summed E-state index contributed by atoms with van der Waals surface area (Å²) in [6.45, 7) is 7.57. The Morgan fingerprint density at radius 3 is 2.63 bits per heavy atom. The molecule has 2 unspecified atom stereocenters. The van der Waals surface area contributed by atoms with Crippen LogP contribution in [0.4, 0.5) is 0 Å². The van der Waals surface area contributed by atoms with E-state index in [1.165, 1.54) is 51.6 Å². The summed E-state index contributed by atoms with van der Waals surface area (Å²) in [6.07, 6.45) is 7.87. The van der Waals surface area contributed by atoms with E-state index in [2.05, 4.69) is 18.9 Å². The number of rotatable bonds is 5. The van der Waals surface area contributed by atoms with E-state index in [0.29, 0.717) is 5.41 Å². The van der Waals surface area contributed by atoms with Crippen LogP contribution in [0.25, 0.3) is 0 Å². The van der Waals surface area contributed by atoms with Crippen molar-refractivity contribution in [2.75, 3.05) is 39.9 Å². The minimum atomic E-state index is 0.386. The van der Waals surface area contributed by atoms with Crippen molar-refractivity contribution in [2.24, 2.45) is 23.0 Å². The molecule has 19 heavy (non-hydrogen) atoms. The molecule has 0 spiro atoms. The minimum Gasteiger partial charge on any atom is -0.381 e. The lowest BCUT2D eigenvalue weighted by Crippen LogP contribution is -2.45. The monoisotopic (exact) mass is 268 g/mol. The number of ether oxygens (including phenoxy) is 1. The van der Waals surface area contributed by atoms with Gasteiger partial charge in [0.15, 0.2) is 0 Å². The summed E-state index contributed by atoms with van der Waals surface area (Å²) >= 11 is 0. The average molecular weight is 268 g/mol. The first-order chi connectivity index (χ1) is 9.13. The maximum Gasteiger partial charge on any atom is 0.0469 e. The SMILES string of the molecule is CC1CCCC(CN)(CN(C)CC2CCOCC2)C1. The molecular weight excluding hydrogens is 236 g/mol. The van der Waals surface area contributed by atoms with Crippen LogP contribution in [0.5, 0.6) is 0 Å². The van der Waals surface area contributed by atoms with E-state index in [-0.39, 0.29) is 0 Å². The predicted octanol–water partition coefficient (Wildman–Crippen LogP) is 2.50. The van der Waals surface area contributed by atoms with Gasteiger partial charge in [0.1, 0.15) is 0 Å². The van der Waals surface area contributed by atoms with Gasteiger partial charge < -0.3 is 15.4 Å². The van der Waals surface area contributed by atoms with Crippen LogP contribution in [-0.4, -0.2) is 44.8 Å². The summed E-state index contributed by atoms with van der Waals surface area (Å²) in [4.78, 5) is 2.54. The van der Waals surface area contributed by atoms with Crippen molar-refractivity contribution in [3.05, 3.63) is 0 Å². The van der Waals surface area contributed by atoms with Crippen molar-refractivity contribution < 1.29 is 4.74 Å². The summed E-state index contributed by atoms with van der Waals surface area (Å²) in [5.41, 5.74) is 6.52. The van der Waals surface area contributed by atoms with E-state index in [4.69, 9.17) is 10.5 Å². The topological polar surface area (TPSA) is 38.5 Å². The van der Waals surface area contributed by atoms with Gasteiger partial charge in [0.05, 0.1) is 0 Å². The summed E-state index contributed by atoms with van der Waals surface area (Å²) in [5, 5.41) is 0. The zero-order chi connectivity index (χ0) is 13.7. The van der Waals surface area contributed by atoms with E-state index in [1.54, 1.807) is 0 Å². The normalized spacial score (nSPS) is 33.8. The zero-order valence-corrected chi connectivity index (χ0v) is 12.9. The van der Waals surface area contributed by atoms with E-state index < -0.39 is 0 Å². The van der Waals surface area contributed by atoms with Gasteiger partial charge in [0, 0.05) is 26.3 Å². The fourth-order valence-electron chi connectivity index (χ4n) is 4.17. The Kier molecular flexibility index (Phi) is 5.67. The molecule has 1 saturated heterocycles. The quantitative estimate of drug-likeness (QED) is 0.832. The maximum absolute atomic E-state index is 6.14. The van der Waals surface area contributed by atoms with E-state index in [0.717, 1.165) is 31.6 Å². The van der Waals surface area contributed by atoms with Crippen molar-refractivity contribution >= 4 is 0 Å². The van der Waals surface area contributed by atoms with E-state index >= 15 is 0 Å². The molecule has 1 heterocycles. The van der Waals surface area contributed by atoms with Crippen LogP contribution in [0.15, 0.2) is 0 Å². The molecule has 3 heteroatoms. The molecular formula is C16H32N2O. The van der Waals surface area contributed by atoms with Gasteiger partial charge in [-0.3, -0.25) is 0 Å². The highest BCUT2D eigenvalue weighted by atomic mass is 16.5. The van der Waals surface area contributed by atoms with Gasteiger partial charge in [-0.1, -0.05) is 19.8 Å². The van der Waals surface area contributed by atoms with Gasteiger partial charge in [-0.05, 0) is 56.5 Å². The first-order valence-electron chi connectivity index (χ1n) is 8.10. The van der Waals surface area contributed by atoms with Crippen molar-refractivity contribution in [2.45, 2.75) is 45.4 Å². The number of hydrogen-bond acceptors (Lipinski definition) is 3. The van der Waals surface area contributed by atoms with Crippen molar-refractivity contribution in [3.8, 4) is 0 Å². The van der Waals surface area contributed by atoms with Gasteiger partial charge in [-0.15, -0.1) is 0 Å². The van der Waals surface area contributed by atoms with Crippen LogP contribution in [0.1, 0.15) is 45.4 Å². The second-order valence-electron chi connectivity index (χ2n) is 7.16. The lowest BCUT2D eigenvalue weighted by molar-refractivity contribution is 0.0424. The van der Waals surface area contributed by atoms with Gasteiger partial charge in [-0.25, -0.2) is 0 Å². The van der Waals surface area contributed by atoms with Crippen LogP contribution >= 0.6 is 0 Å². The smallest absolute Gasteiger partial charge is 0.0469 e. The molecule has 1 aliphatic carbocycles. The standard InChI is InChI=1S/C16H32N2O/c1-14-4-3-7-16(10-14,12-17)13-18(2)11-15-5-8-19-9-6-15/h14-15H,3-13,17H2,1-2H3. The molecule has 2 fully saturated rings. The first-order valence-corrected chi connectivity index (χ1v) is 8.10. The maximum atomic E-state index is 6.14. The number of nitrogens with zero attached hydrogens (tertiary/aromatic N) is 1. The third-order valence-corrected chi connectivity index (χ3v) is 5.13. The van der Waals surface area contributed by atoms with Gasteiger partial charge in [0.25, 0.3) is 0 Å². The number of hydrogen-bond donors (Lipinski definition) is 1. The van der Waals surface area contributed by atoms with Crippen molar-refractivity contribution in [3.63, 3.8) is 0 Å². The van der Waals surface area contributed by atoms with Gasteiger partial charge >= 0.3 is 0 Å². The summed E-state index contributed by atoms with van der Waals surface area (Å²) < 4.78 is 5.45.